The SMILES string of the molecule is COC(=O)N1CCC(COc2cccc(-c3sc(C(=O)O)c(OCC(=O)O)c3Br)c2)CC1. The maximum Gasteiger partial charge on any atom is 0.409 e. The molecule has 0 radical (unpaired) electrons. The van der Waals surface area contributed by atoms with Crippen molar-refractivity contribution in [1.82, 2.24) is 4.90 Å². The molecule has 0 atom stereocenters. The number of aliphatic carboxylic acids is 1. The topological polar surface area (TPSA) is 123 Å². The van der Waals surface area contributed by atoms with Crippen molar-refractivity contribution in [2.75, 3.05) is 33.4 Å². The molecule has 9 nitrogen and oxygen atoms in total. The van der Waals surface area contributed by atoms with E-state index in [1.807, 2.05) is 12.1 Å². The first-order chi connectivity index (χ1) is 15.3. The smallest absolute Gasteiger partial charge is 0.409 e. The highest BCUT2D eigenvalue weighted by Crippen LogP contribution is 2.46. The second-order valence-electron chi connectivity index (χ2n) is 7.13. The molecular weight excluding hydrogens is 506 g/mol. The lowest BCUT2D eigenvalue weighted by Gasteiger charge is -2.30. The van der Waals surface area contributed by atoms with Gasteiger partial charge in [-0.2, -0.15) is 0 Å². The zero-order valence-electron chi connectivity index (χ0n) is 17.2. The molecule has 1 saturated heterocycles. The number of thiophene rings is 1. The van der Waals surface area contributed by atoms with Gasteiger partial charge in [0, 0.05) is 13.1 Å². The third kappa shape index (κ3) is 5.71. The second kappa shape index (κ2) is 10.7. The normalized spacial score (nSPS) is 14.1. The Kier molecular flexibility index (Phi) is 7.97. The number of piperidine rings is 1. The van der Waals surface area contributed by atoms with Crippen LogP contribution in [0.5, 0.6) is 11.5 Å². The van der Waals surface area contributed by atoms with Gasteiger partial charge < -0.3 is 29.3 Å². The van der Waals surface area contributed by atoms with Gasteiger partial charge in [-0.3, -0.25) is 0 Å². The molecule has 3 rings (SSSR count). The van der Waals surface area contributed by atoms with Crippen molar-refractivity contribution in [2.24, 2.45) is 5.92 Å². The van der Waals surface area contributed by atoms with Crippen LogP contribution in [0.2, 0.25) is 0 Å². The first kappa shape index (κ1) is 23.9. The maximum atomic E-state index is 11.6. The Labute approximate surface area is 196 Å². The summed E-state index contributed by atoms with van der Waals surface area (Å²) < 4.78 is 16.3. The number of carbonyl (C=O) groups excluding carboxylic acids is 1. The van der Waals surface area contributed by atoms with Gasteiger partial charge in [0.15, 0.2) is 17.2 Å². The largest absolute Gasteiger partial charge is 0.493 e. The van der Waals surface area contributed by atoms with Crippen molar-refractivity contribution < 1.29 is 38.8 Å². The molecule has 1 fully saturated rings. The third-order valence-electron chi connectivity index (χ3n) is 4.97. The molecule has 0 bridgehead atoms. The lowest BCUT2D eigenvalue weighted by atomic mass is 9.98. The van der Waals surface area contributed by atoms with Crippen LogP contribution >= 0.6 is 27.3 Å². The van der Waals surface area contributed by atoms with Gasteiger partial charge in [0.1, 0.15) is 5.75 Å². The van der Waals surface area contributed by atoms with Crippen molar-refractivity contribution in [3.63, 3.8) is 0 Å². The van der Waals surface area contributed by atoms with Crippen LogP contribution in [0.3, 0.4) is 0 Å². The number of benzene rings is 1. The third-order valence-corrected chi connectivity index (χ3v) is 7.20. The molecule has 2 aromatic rings. The molecule has 32 heavy (non-hydrogen) atoms. The van der Waals surface area contributed by atoms with Gasteiger partial charge in [0.2, 0.25) is 0 Å². The van der Waals surface area contributed by atoms with Gasteiger partial charge in [0.05, 0.1) is 23.1 Å². The van der Waals surface area contributed by atoms with Crippen LogP contribution in [0.4, 0.5) is 4.79 Å². The highest BCUT2D eigenvalue weighted by atomic mass is 79.9. The highest BCUT2D eigenvalue weighted by molar-refractivity contribution is 9.10. The maximum absolute atomic E-state index is 11.6. The quantitative estimate of drug-likeness (QED) is 0.523. The summed E-state index contributed by atoms with van der Waals surface area (Å²) in [7, 11) is 1.37. The molecule has 1 aromatic heterocycles. The fourth-order valence-corrected chi connectivity index (χ4v) is 5.23. The van der Waals surface area contributed by atoms with Crippen molar-refractivity contribution >= 4 is 45.3 Å². The summed E-state index contributed by atoms with van der Waals surface area (Å²) in [5, 5.41) is 18.3. The summed E-state index contributed by atoms with van der Waals surface area (Å²) in [5.74, 6) is -1.48. The van der Waals surface area contributed by atoms with E-state index in [0.29, 0.717) is 46.3 Å². The number of methoxy groups -OCH3 is 1. The monoisotopic (exact) mass is 527 g/mol. The van der Waals surface area contributed by atoms with Crippen molar-refractivity contribution in [3.8, 4) is 21.9 Å². The number of nitrogens with zero attached hydrogens (tertiary/aromatic N) is 1. The van der Waals surface area contributed by atoms with Gasteiger partial charge in [0.25, 0.3) is 0 Å². The molecule has 1 aromatic carbocycles. The van der Waals surface area contributed by atoms with Crippen molar-refractivity contribution in [1.29, 1.82) is 0 Å². The van der Waals surface area contributed by atoms with Crippen LogP contribution in [0.1, 0.15) is 22.5 Å². The van der Waals surface area contributed by atoms with E-state index in [9.17, 15) is 19.5 Å². The van der Waals surface area contributed by atoms with E-state index in [0.717, 1.165) is 24.2 Å². The number of aromatic carboxylic acids is 1. The van der Waals surface area contributed by atoms with Crippen molar-refractivity contribution in [3.05, 3.63) is 33.6 Å². The van der Waals surface area contributed by atoms with Crippen LogP contribution < -0.4 is 9.47 Å². The molecule has 1 aliphatic heterocycles. The first-order valence-corrected chi connectivity index (χ1v) is 11.4. The average molecular weight is 528 g/mol. The summed E-state index contributed by atoms with van der Waals surface area (Å²) in [6.07, 6.45) is 1.32. The minimum absolute atomic E-state index is 0.0106. The summed E-state index contributed by atoms with van der Waals surface area (Å²) in [6.45, 7) is 1.10. The number of halogens is 1. The van der Waals surface area contributed by atoms with E-state index in [2.05, 4.69) is 15.9 Å². The van der Waals surface area contributed by atoms with E-state index >= 15 is 0 Å². The number of carbonyl (C=O) groups is 3. The molecule has 2 N–H and O–H groups in total. The molecule has 1 aliphatic rings. The van der Waals surface area contributed by atoms with E-state index in [-0.39, 0.29) is 16.7 Å². The highest BCUT2D eigenvalue weighted by Gasteiger charge is 2.25. The second-order valence-corrected chi connectivity index (χ2v) is 8.94. The number of carboxylic acids is 2. The van der Waals surface area contributed by atoms with E-state index in [1.165, 1.54) is 7.11 Å². The van der Waals surface area contributed by atoms with Crippen LogP contribution in [-0.4, -0.2) is 66.6 Å². The number of rotatable bonds is 8. The van der Waals surface area contributed by atoms with Gasteiger partial charge >= 0.3 is 18.0 Å². The number of hydrogen-bond acceptors (Lipinski definition) is 7. The molecular formula is C21H22BrNO8S. The van der Waals surface area contributed by atoms with Gasteiger partial charge in [-0.25, -0.2) is 14.4 Å². The Morgan fingerprint density at radius 1 is 1.19 bits per heavy atom. The minimum atomic E-state index is -1.20. The number of ether oxygens (including phenoxy) is 3. The van der Waals surface area contributed by atoms with E-state index in [1.54, 1.807) is 17.0 Å². The Morgan fingerprint density at radius 3 is 2.53 bits per heavy atom. The fraction of sp³-hybridized carbons (Fsp3) is 0.381. The molecule has 0 saturated carbocycles. The molecule has 0 spiro atoms. The van der Waals surface area contributed by atoms with Crippen LogP contribution in [0, 0.1) is 5.92 Å². The molecule has 0 aliphatic carbocycles. The zero-order valence-corrected chi connectivity index (χ0v) is 19.6. The summed E-state index contributed by atoms with van der Waals surface area (Å²) in [5.41, 5.74) is 0.715. The predicted octanol–water partition coefficient (Wildman–Crippen LogP) is 4.20. The Hall–Kier alpha value is -2.79. The molecule has 172 valence electrons. The van der Waals surface area contributed by atoms with Crippen LogP contribution in [0.15, 0.2) is 28.7 Å². The zero-order chi connectivity index (χ0) is 23.3. The van der Waals surface area contributed by atoms with E-state index < -0.39 is 18.5 Å². The fourth-order valence-electron chi connectivity index (χ4n) is 3.34. The summed E-state index contributed by atoms with van der Waals surface area (Å²) in [6, 6.07) is 7.22. The molecule has 11 heteroatoms. The number of carboxylic acid groups (broad SMARTS) is 2. The number of hydrogen-bond donors (Lipinski definition) is 2. The number of likely N-dealkylation sites (tertiary alicyclic amines) is 1. The van der Waals surface area contributed by atoms with E-state index in [4.69, 9.17) is 19.3 Å². The first-order valence-electron chi connectivity index (χ1n) is 9.76. The lowest BCUT2D eigenvalue weighted by Crippen LogP contribution is -2.39. The van der Waals surface area contributed by atoms with Gasteiger partial charge in [-0.15, -0.1) is 11.3 Å². The summed E-state index contributed by atoms with van der Waals surface area (Å²) >= 11 is 4.34. The lowest BCUT2D eigenvalue weighted by molar-refractivity contribution is -0.139. The van der Waals surface area contributed by atoms with Gasteiger partial charge in [-0.05, 0) is 52.4 Å². The van der Waals surface area contributed by atoms with Gasteiger partial charge in [-0.1, -0.05) is 12.1 Å². The minimum Gasteiger partial charge on any atom is -0.493 e. The molecule has 0 unspecified atom stereocenters. The van der Waals surface area contributed by atoms with Crippen LogP contribution in [-0.2, 0) is 9.53 Å². The van der Waals surface area contributed by atoms with Crippen LogP contribution in [0.25, 0.3) is 10.4 Å². The average Bonchev–Trinajstić information content (AvgIpc) is 3.12. The molecule has 1 amide bonds. The Balaban J connectivity index is 1.70. The Morgan fingerprint density at radius 2 is 1.91 bits per heavy atom. The number of amides is 1. The Bertz CT molecular complexity index is 1000. The standard InChI is InChI=1S/C21H22BrNO8S/c1-29-21(28)23-7-5-12(6-8-23)10-30-14-4-2-3-13(9-14)18-16(22)17(31-11-15(24)25)19(32-18)20(26)27/h2-4,9,12H,5-8,10-11H2,1H3,(H,24,25)(H,26,27). The molecule has 2 heterocycles. The van der Waals surface area contributed by atoms with Crippen molar-refractivity contribution in [2.45, 2.75) is 12.8 Å². The predicted molar refractivity (Wildman–Crippen MR) is 120 cm³/mol. The summed E-state index contributed by atoms with van der Waals surface area (Å²) in [4.78, 5) is 36.2.